The quantitative estimate of drug-likeness (QED) is 0.582. The zero-order chi connectivity index (χ0) is 11.0. The third-order valence-electron chi connectivity index (χ3n) is 1.96. The normalized spacial score (nSPS) is 11.9. The van der Waals surface area contributed by atoms with Gasteiger partial charge in [-0.1, -0.05) is 13.0 Å². The maximum absolute atomic E-state index is 11.2. The van der Waals surface area contributed by atoms with E-state index in [-0.39, 0.29) is 18.1 Å². The Bertz CT molecular complexity index is 249. The molecular weight excluding hydrogens is 202 g/mol. The van der Waals surface area contributed by atoms with Crippen LogP contribution in [0.4, 0.5) is 0 Å². The molecule has 0 saturated heterocycles. The molecule has 0 amide bonds. The second-order valence-electron chi connectivity index (χ2n) is 3.05. The molecule has 0 fully saturated rings. The summed E-state index contributed by atoms with van der Waals surface area (Å²) in [5, 5.41) is 8.72. The number of sulfone groups is 1. The number of aliphatic hydroxyl groups is 1. The average Bonchev–Trinajstić information content (AvgIpc) is 2.15. The zero-order valence-electron chi connectivity index (χ0n) is 8.65. The van der Waals surface area contributed by atoms with Crippen LogP contribution in [-0.4, -0.2) is 56.2 Å². The van der Waals surface area contributed by atoms with E-state index in [1.807, 2.05) is 4.90 Å². The van der Waals surface area contributed by atoms with Crippen molar-refractivity contribution in [3.05, 3.63) is 12.7 Å². The van der Waals surface area contributed by atoms with Crippen molar-refractivity contribution in [3.63, 3.8) is 0 Å². The zero-order valence-corrected chi connectivity index (χ0v) is 9.46. The maximum atomic E-state index is 11.2. The van der Waals surface area contributed by atoms with Gasteiger partial charge >= 0.3 is 0 Å². The van der Waals surface area contributed by atoms with Crippen molar-refractivity contribution in [2.24, 2.45) is 0 Å². The van der Waals surface area contributed by atoms with E-state index in [4.69, 9.17) is 5.11 Å². The highest BCUT2D eigenvalue weighted by atomic mass is 32.2. The lowest BCUT2D eigenvalue weighted by Crippen LogP contribution is -2.32. The molecule has 0 saturated carbocycles. The van der Waals surface area contributed by atoms with Crippen molar-refractivity contribution in [2.45, 2.75) is 6.92 Å². The molecule has 0 rings (SSSR count). The van der Waals surface area contributed by atoms with Crippen LogP contribution >= 0.6 is 0 Å². The second kappa shape index (κ2) is 6.98. The molecular formula is C9H19NO3S. The fraction of sp³-hybridized carbons (Fsp3) is 0.778. The van der Waals surface area contributed by atoms with Gasteiger partial charge < -0.3 is 5.11 Å². The Morgan fingerprint density at radius 3 is 2.50 bits per heavy atom. The van der Waals surface area contributed by atoms with Gasteiger partial charge in [0.05, 0.1) is 12.4 Å². The van der Waals surface area contributed by atoms with Gasteiger partial charge in [-0.05, 0) is 0 Å². The van der Waals surface area contributed by atoms with Crippen LogP contribution in [0.2, 0.25) is 0 Å². The number of hydrogen-bond donors (Lipinski definition) is 1. The molecule has 1 N–H and O–H groups in total. The molecule has 0 heterocycles. The number of hydrogen-bond acceptors (Lipinski definition) is 4. The van der Waals surface area contributed by atoms with E-state index in [9.17, 15) is 8.42 Å². The molecule has 0 aliphatic heterocycles. The van der Waals surface area contributed by atoms with Crippen molar-refractivity contribution in [2.75, 3.05) is 37.7 Å². The average molecular weight is 221 g/mol. The standard InChI is InChI=1S/C9H19NO3S/c1-3-5-10(6-8-11)7-9-14(12,13)4-2/h3,11H,1,4-9H2,2H3. The van der Waals surface area contributed by atoms with Crippen LogP contribution in [-0.2, 0) is 9.84 Å². The van der Waals surface area contributed by atoms with Crippen LogP contribution in [0.15, 0.2) is 12.7 Å². The molecule has 84 valence electrons. The van der Waals surface area contributed by atoms with Gasteiger partial charge in [0.15, 0.2) is 9.84 Å². The largest absolute Gasteiger partial charge is 0.395 e. The lowest BCUT2D eigenvalue weighted by Gasteiger charge is -2.18. The molecule has 14 heavy (non-hydrogen) atoms. The van der Waals surface area contributed by atoms with Crippen molar-refractivity contribution in [1.29, 1.82) is 0 Å². The van der Waals surface area contributed by atoms with Crippen LogP contribution in [0.25, 0.3) is 0 Å². The molecule has 0 aromatic carbocycles. The van der Waals surface area contributed by atoms with Gasteiger partial charge in [0.25, 0.3) is 0 Å². The number of rotatable bonds is 8. The third-order valence-corrected chi connectivity index (χ3v) is 3.65. The Labute approximate surface area is 86.1 Å². The summed E-state index contributed by atoms with van der Waals surface area (Å²) in [6.07, 6.45) is 1.70. The van der Waals surface area contributed by atoms with Gasteiger partial charge in [0, 0.05) is 25.4 Å². The fourth-order valence-electron chi connectivity index (χ4n) is 1.03. The minimum atomic E-state index is -2.91. The van der Waals surface area contributed by atoms with Crippen molar-refractivity contribution in [1.82, 2.24) is 4.90 Å². The summed E-state index contributed by atoms with van der Waals surface area (Å²) in [5.74, 6) is 0.325. The Morgan fingerprint density at radius 2 is 2.07 bits per heavy atom. The fourth-order valence-corrected chi connectivity index (χ4v) is 1.86. The van der Waals surface area contributed by atoms with Crippen LogP contribution in [0, 0.1) is 0 Å². The summed E-state index contributed by atoms with van der Waals surface area (Å²) in [6.45, 7) is 6.82. The monoisotopic (exact) mass is 221 g/mol. The van der Waals surface area contributed by atoms with Crippen LogP contribution in [0.3, 0.4) is 0 Å². The summed E-state index contributed by atoms with van der Waals surface area (Å²) < 4.78 is 22.4. The first-order chi connectivity index (χ1) is 6.55. The first-order valence-electron chi connectivity index (χ1n) is 4.70. The lowest BCUT2D eigenvalue weighted by molar-refractivity contribution is 0.215. The third kappa shape index (κ3) is 6.12. The van der Waals surface area contributed by atoms with E-state index < -0.39 is 9.84 Å². The van der Waals surface area contributed by atoms with Gasteiger partial charge in [0.1, 0.15) is 0 Å². The lowest BCUT2D eigenvalue weighted by atomic mass is 10.4. The second-order valence-corrected chi connectivity index (χ2v) is 5.52. The smallest absolute Gasteiger partial charge is 0.151 e. The van der Waals surface area contributed by atoms with Crippen molar-refractivity contribution in [3.8, 4) is 0 Å². The van der Waals surface area contributed by atoms with Crippen LogP contribution in [0.1, 0.15) is 6.92 Å². The van der Waals surface area contributed by atoms with Crippen molar-refractivity contribution < 1.29 is 13.5 Å². The molecule has 0 aliphatic rings. The highest BCUT2D eigenvalue weighted by Crippen LogP contribution is 1.94. The predicted octanol–water partition coefficient (Wildman–Crippen LogP) is -0.0986. The summed E-state index contributed by atoms with van der Waals surface area (Å²) in [5.41, 5.74) is 0. The predicted molar refractivity (Wildman–Crippen MR) is 58.1 cm³/mol. The Hall–Kier alpha value is -0.390. The Kier molecular flexibility index (Phi) is 6.78. The number of nitrogens with zero attached hydrogens (tertiary/aromatic N) is 1. The van der Waals surface area contributed by atoms with Gasteiger partial charge in [-0.15, -0.1) is 6.58 Å². The molecule has 0 aromatic heterocycles. The first kappa shape index (κ1) is 13.6. The molecule has 0 aromatic rings. The van der Waals surface area contributed by atoms with E-state index in [2.05, 4.69) is 6.58 Å². The molecule has 0 atom stereocenters. The summed E-state index contributed by atoms with van der Waals surface area (Å²) in [7, 11) is -2.91. The highest BCUT2D eigenvalue weighted by molar-refractivity contribution is 7.91. The van der Waals surface area contributed by atoms with Gasteiger partial charge in [-0.2, -0.15) is 0 Å². The summed E-state index contributed by atoms with van der Waals surface area (Å²) >= 11 is 0. The summed E-state index contributed by atoms with van der Waals surface area (Å²) in [4.78, 5) is 1.86. The Morgan fingerprint density at radius 1 is 1.43 bits per heavy atom. The number of aliphatic hydroxyl groups excluding tert-OH is 1. The van der Waals surface area contributed by atoms with E-state index >= 15 is 0 Å². The van der Waals surface area contributed by atoms with E-state index in [1.165, 1.54) is 0 Å². The molecule has 0 radical (unpaired) electrons. The molecule has 5 heteroatoms. The van der Waals surface area contributed by atoms with Crippen molar-refractivity contribution >= 4 is 9.84 Å². The topological polar surface area (TPSA) is 57.6 Å². The highest BCUT2D eigenvalue weighted by Gasteiger charge is 2.10. The minimum Gasteiger partial charge on any atom is -0.395 e. The van der Waals surface area contributed by atoms with Crippen LogP contribution in [0.5, 0.6) is 0 Å². The SMILES string of the molecule is C=CCN(CCO)CCS(=O)(=O)CC. The first-order valence-corrected chi connectivity index (χ1v) is 6.52. The Balaban J connectivity index is 3.98. The van der Waals surface area contributed by atoms with Gasteiger partial charge in [-0.3, -0.25) is 4.90 Å². The molecule has 0 unspecified atom stereocenters. The maximum Gasteiger partial charge on any atom is 0.151 e. The molecule has 0 aliphatic carbocycles. The molecule has 0 bridgehead atoms. The van der Waals surface area contributed by atoms with E-state index in [1.54, 1.807) is 13.0 Å². The van der Waals surface area contributed by atoms with E-state index in [0.717, 1.165) is 0 Å². The molecule has 0 spiro atoms. The van der Waals surface area contributed by atoms with E-state index in [0.29, 0.717) is 19.6 Å². The summed E-state index contributed by atoms with van der Waals surface area (Å²) in [6, 6.07) is 0. The van der Waals surface area contributed by atoms with Crippen LogP contribution < -0.4 is 0 Å². The molecule has 4 nitrogen and oxygen atoms in total. The van der Waals surface area contributed by atoms with Gasteiger partial charge in [-0.25, -0.2) is 8.42 Å². The van der Waals surface area contributed by atoms with Gasteiger partial charge in [0.2, 0.25) is 0 Å². The minimum absolute atomic E-state index is 0.0417.